The van der Waals surface area contributed by atoms with Crippen molar-refractivity contribution in [3.8, 4) is 11.5 Å². The van der Waals surface area contributed by atoms with Gasteiger partial charge in [-0.1, -0.05) is 30.7 Å². The van der Waals surface area contributed by atoms with Gasteiger partial charge in [0, 0.05) is 6.54 Å². The number of nitrogens with zero attached hydrogens (tertiary/aromatic N) is 1. The lowest BCUT2D eigenvalue weighted by molar-refractivity contribution is 0.0337. The first-order chi connectivity index (χ1) is 12.0. The molecule has 25 heavy (non-hydrogen) atoms. The molecule has 2 aromatic carbocycles. The van der Waals surface area contributed by atoms with E-state index in [0.717, 1.165) is 47.6 Å². The third-order valence-electron chi connectivity index (χ3n) is 4.90. The molecular formula is C21H26BrNO2. The summed E-state index contributed by atoms with van der Waals surface area (Å²) in [5.74, 6) is 1.55. The second-order valence-electron chi connectivity index (χ2n) is 6.98. The van der Waals surface area contributed by atoms with Crippen molar-refractivity contribution >= 4 is 15.9 Å². The van der Waals surface area contributed by atoms with Crippen LogP contribution in [0.3, 0.4) is 0 Å². The molecule has 2 aromatic rings. The smallest absolute Gasteiger partial charge is 0.141 e. The Bertz CT molecular complexity index is 679. The Balaban J connectivity index is 1.61. The van der Waals surface area contributed by atoms with Crippen LogP contribution < -0.4 is 4.74 Å². The number of rotatable bonds is 6. The van der Waals surface area contributed by atoms with E-state index in [1.54, 1.807) is 0 Å². The second kappa shape index (κ2) is 8.35. The highest BCUT2D eigenvalue weighted by atomic mass is 79.9. The Morgan fingerprint density at radius 2 is 1.72 bits per heavy atom. The molecule has 0 saturated carbocycles. The summed E-state index contributed by atoms with van der Waals surface area (Å²) in [6.07, 6.45) is 4.65. The fraction of sp³-hybridized carbons (Fsp3) is 0.429. The van der Waals surface area contributed by atoms with E-state index < -0.39 is 5.60 Å². The van der Waals surface area contributed by atoms with Gasteiger partial charge in [-0.2, -0.15) is 0 Å². The largest absolute Gasteiger partial charge is 0.456 e. The van der Waals surface area contributed by atoms with Crippen LogP contribution in [0, 0.1) is 0 Å². The van der Waals surface area contributed by atoms with Gasteiger partial charge in [-0.3, -0.25) is 0 Å². The fourth-order valence-electron chi connectivity index (χ4n) is 3.24. The summed E-state index contributed by atoms with van der Waals surface area (Å²) < 4.78 is 6.82. The Hall–Kier alpha value is -1.36. The summed E-state index contributed by atoms with van der Waals surface area (Å²) >= 11 is 3.49. The summed E-state index contributed by atoms with van der Waals surface area (Å²) in [5.41, 5.74) is 0.118. The van der Waals surface area contributed by atoms with Crippen molar-refractivity contribution < 1.29 is 9.84 Å². The average Bonchev–Trinajstić information content (AvgIpc) is 2.63. The molecule has 3 nitrogen and oxygen atoms in total. The van der Waals surface area contributed by atoms with Gasteiger partial charge in [-0.05, 0) is 85.0 Å². The Labute approximate surface area is 158 Å². The number of hydrogen-bond acceptors (Lipinski definition) is 3. The number of likely N-dealkylation sites (tertiary alicyclic amines) is 1. The fourth-order valence-corrected chi connectivity index (χ4v) is 3.61. The van der Waals surface area contributed by atoms with Gasteiger partial charge in [0.25, 0.3) is 0 Å². The number of aliphatic hydroxyl groups is 1. The van der Waals surface area contributed by atoms with Gasteiger partial charge in [0.15, 0.2) is 0 Å². The molecule has 1 N–H and O–H groups in total. The molecule has 0 aromatic heterocycles. The SMILES string of the molecule is CC(O)(CCN1CCCCC1)c1ccc(Oc2ccccc2Br)cc1. The summed E-state index contributed by atoms with van der Waals surface area (Å²) in [7, 11) is 0. The highest BCUT2D eigenvalue weighted by molar-refractivity contribution is 9.10. The summed E-state index contributed by atoms with van der Waals surface area (Å²) in [6.45, 7) is 5.17. The van der Waals surface area contributed by atoms with Gasteiger partial charge < -0.3 is 14.7 Å². The lowest BCUT2D eigenvalue weighted by Gasteiger charge is -2.31. The topological polar surface area (TPSA) is 32.7 Å². The van der Waals surface area contributed by atoms with Crippen LogP contribution >= 0.6 is 15.9 Å². The molecule has 0 aliphatic carbocycles. The zero-order valence-corrected chi connectivity index (χ0v) is 16.3. The van der Waals surface area contributed by atoms with Crippen LogP contribution in [0.25, 0.3) is 0 Å². The van der Waals surface area contributed by atoms with Crippen LogP contribution in [-0.2, 0) is 5.60 Å². The third kappa shape index (κ3) is 5.06. The van der Waals surface area contributed by atoms with E-state index in [-0.39, 0.29) is 0 Å². The monoisotopic (exact) mass is 403 g/mol. The lowest BCUT2D eigenvalue weighted by Crippen LogP contribution is -2.34. The molecule has 0 radical (unpaired) electrons. The van der Waals surface area contributed by atoms with E-state index >= 15 is 0 Å². The van der Waals surface area contributed by atoms with E-state index in [4.69, 9.17) is 4.74 Å². The zero-order valence-electron chi connectivity index (χ0n) is 14.7. The number of benzene rings is 2. The molecule has 0 amide bonds. The van der Waals surface area contributed by atoms with Gasteiger partial charge in [0.2, 0.25) is 0 Å². The molecule has 1 saturated heterocycles. The molecule has 134 valence electrons. The van der Waals surface area contributed by atoms with Gasteiger partial charge >= 0.3 is 0 Å². The van der Waals surface area contributed by atoms with Crippen molar-refractivity contribution in [3.63, 3.8) is 0 Å². The van der Waals surface area contributed by atoms with Crippen LogP contribution in [0.5, 0.6) is 11.5 Å². The minimum absolute atomic E-state index is 0.747. The third-order valence-corrected chi connectivity index (χ3v) is 5.56. The Kier molecular flexibility index (Phi) is 6.15. The first kappa shape index (κ1) is 18.4. The van der Waals surface area contributed by atoms with Gasteiger partial charge in [0.1, 0.15) is 11.5 Å². The molecular weight excluding hydrogens is 378 g/mol. The van der Waals surface area contributed by atoms with Crippen molar-refractivity contribution in [1.29, 1.82) is 0 Å². The maximum absolute atomic E-state index is 10.9. The van der Waals surface area contributed by atoms with E-state index in [2.05, 4.69) is 20.8 Å². The van der Waals surface area contributed by atoms with E-state index in [1.807, 2.05) is 55.5 Å². The minimum atomic E-state index is -0.816. The van der Waals surface area contributed by atoms with Gasteiger partial charge in [0.05, 0.1) is 10.1 Å². The van der Waals surface area contributed by atoms with Crippen LogP contribution in [-0.4, -0.2) is 29.6 Å². The molecule has 3 rings (SSSR count). The first-order valence-electron chi connectivity index (χ1n) is 9.02. The average molecular weight is 404 g/mol. The number of halogens is 1. The normalized spacial score (nSPS) is 17.9. The highest BCUT2D eigenvalue weighted by Crippen LogP contribution is 2.31. The molecule has 1 unspecified atom stereocenters. The van der Waals surface area contributed by atoms with E-state index in [0.29, 0.717) is 0 Å². The van der Waals surface area contributed by atoms with Crippen molar-refractivity contribution in [1.82, 2.24) is 4.90 Å². The van der Waals surface area contributed by atoms with Crippen LogP contribution in [0.4, 0.5) is 0 Å². The minimum Gasteiger partial charge on any atom is -0.456 e. The maximum Gasteiger partial charge on any atom is 0.141 e. The van der Waals surface area contributed by atoms with Crippen LogP contribution in [0.1, 0.15) is 38.2 Å². The standard InChI is InChI=1S/C21H26BrNO2/c1-21(24,13-16-23-14-5-2-6-15-23)17-9-11-18(12-10-17)25-20-8-4-3-7-19(20)22/h3-4,7-12,24H,2,5-6,13-16H2,1H3. The van der Waals surface area contributed by atoms with Crippen molar-refractivity contribution in [2.75, 3.05) is 19.6 Å². The molecule has 4 heteroatoms. The van der Waals surface area contributed by atoms with E-state index in [1.165, 1.54) is 19.3 Å². The first-order valence-corrected chi connectivity index (χ1v) is 9.81. The summed E-state index contributed by atoms with van der Waals surface area (Å²) in [4.78, 5) is 2.46. The maximum atomic E-state index is 10.9. The Morgan fingerprint density at radius 1 is 1.04 bits per heavy atom. The van der Waals surface area contributed by atoms with Gasteiger partial charge in [-0.25, -0.2) is 0 Å². The summed E-state index contributed by atoms with van der Waals surface area (Å²) in [5, 5.41) is 10.9. The Morgan fingerprint density at radius 3 is 2.40 bits per heavy atom. The predicted octanol–water partition coefficient (Wildman–Crippen LogP) is 5.32. The molecule has 1 atom stereocenters. The van der Waals surface area contributed by atoms with Gasteiger partial charge in [-0.15, -0.1) is 0 Å². The molecule has 0 bridgehead atoms. The molecule has 0 spiro atoms. The zero-order chi connectivity index (χ0) is 17.7. The lowest BCUT2D eigenvalue weighted by atomic mass is 9.92. The molecule has 1 aliphatic heterocycles. The number of para-hydroxylation sites is 1. The van der Waals surface area contributed by atoms with Crippen molar-refractivity contribution in [2.24, 2.45) is 0 Å². The summed E-state index contributed by atoms with van der Waals surface area (Å²) in [6, 6.07) is 15.5. The van der Waals surface area contributed by atoms with Crippen LogP contribution in [0.15, 0.2) is 53.0 Å². The number of hydrogen-bond donors (Lipinski definition) is 1. The van der Waals surface area contributed by atoms with E-state index in [9.17, 15) is 5.11 Å². The van der Waals surface area contributed by atoms with Crippen molar-refractivity contribution in [3.05, 3.63) is 58.6 Å². The second-order valence-corrected chi connectivity index (χ2v) is 7.84. The van der Waals surface area contributed by atoms with Crippen LogP contribution in [0.2, 0.25) is 0 Å². The predicted molar refractivity (Wildman–Crippen MR) is 105 cm³/mol. The molecule has 1 heterocycles. The quantitative estimate of drug-likeness (QED) is 0.707. The van der Waals surface area contributed by atoms with Crippen molar-refractivity contribution in [2.45, 2.75) is 38.2 Å². The highest BCUT2D eigenvalue weighted by Gasteiger charge is 2.24. The molecule has 1 fully saturated rings. The molecule has 1 aliphatic rings. The number of ether oxygens (including phenoxy) is 1. The number of piperidine rings is 1.